The van der Waals surface area contributed by atoms with Crippen LogP contribution < -0.4 is 5.32 Å². The summed E-state index contributed by atoms with van der Waals surface area (Å²) in [5, 5.41) is 3.37. The Morgan fingerprint density at radius 2 is 2.38 bits per heavy atom. The van der Waals surface area contributed by atoms with Crippen LogP contribution in [0.3, 0.4) is 0 Å². The average molecular weight is 233 g/mol. The number of aromatic nitrogens is 2. The molecule has 0 spiro atoms. The molecule has 2 aromatic heterocycles. The van der Waals surface area contributed by atoms with Gasteiger partial charge in [-0.1, -0.05) is 6.92 Å². The largest absolute Gasteiger partial charge is 0.298 e. The molecule has 0 fully saturated rings. The highest BCUT2D eigenvalue weighted by molar-refractivity contribution is 7.15. The molecule has 0 saturated heterocycles. The van der Waals surface area contributed by atoms with Gasteiger partial charge in [-0.05, 0) is 18.6 Å². The maximum atomic E-state index is 11.7. The second-order valence-electron chi connectivity index (χ2n) is 3.18. The smallest absolute Gasteiger partial charge is 0.259 e. The zero-order valence-corrected chi connectivity index (χ0v) is 9.62. The fraction of sp³-hybridized carbons (Fsp3) is 0.182. The van der Waals surface area contributed by atoms with E-state index in [-0.39, 0.29) is 5.91 Å². The predicted octanol–water partition coefficient (Wildman–Crippen LogP) is 2.35. The SMILES string of the molecule is CCc1cnc(NC(=O)c2cccnc2)s1. The van der Waals surface area contributed by atoms with Crippen LogP contribution in [-0.2, 0) is 6.42 Å². The fourth-order valence-corrected chi connectivity index (χ4v) is 1.94. The minimum Gasteiger partial charge on any atom is -0.298 e. The Balaban J connectivity index is 2.08. The number of aryl methyl sites for hydroxylation is 1. The van der Waals surface area contributed by atoms with Gasteiger partial charge in [0.15, 0.2) is 5.13 Å². The van der Waals surface area contributed by atoms with Crippen LogP contribution in [-0.4, -0.2) is 15.9 Å². The molecule has 0 aliphatic rings. The Labute approximate surface area is 97.4 Å². The lowest BCUT2D eigenvalue weighted by Gasteiger charge is -1.99. The topological polar surface area (TPSA) is 54.9 Å². The number of anilines is 1. The van der Waals surface area contributed by atoms with E-state index >= 15 is 0 Å². The van der Waals surface area contributed by atoms with Gasteiger partial charge in [0.25, 0.3) is 5.91 Å². The highest BCUT2D eigenvalue weighted by Crippen LogP contribution is 2.18. The predicted molar refractivity (Wildman–Crippen MR) is 63.7 cm³/mol. The van der Waals surface area contributed by atoms with Crippen LogP contribution in [0.25, 0.3) is 0 Å². The molecule has 0 aromatic carbocycles. The Morgan fingerprint density at radius 3 is 3.00 bits per heavy atom. The van der Waals surface area contributed by atoms with E-state index in [1.54, 1.807) is 24.5 Å². The summed E-state index contributed by atoms with van der Waals surface area (Å²) in [5.74, 6) is -0.176. The summed E-state index contributed by atoms with van der Waals surface area (Å²) in [6.45, 7) is 2.06. The van der Waals surface area contributed by atoms with Gasteiger partial charge in [0, 0.05) is 23.5 Å². The third-order valence-electron chi connectivity index (χ3n) is 2.05. The molecule has 4 nitrogen and oxygen atoms in total. The van der Waals surface area contributed by atoms with E-state index < -0.39 is 0 Å². The van der Waals surface area contributed by atoms with Gasteiger partial charge in [0.2, 0.25) is 0 Å². The molecule has 0 saturated carbocycles. The number of thiazole rings is 1. The van der Waals surface area contributed by atoms with E-state index in [1.807, 2.05) is 0 Å². The summed E-state index contributed by atoms with van der Waals surface area (Å²) in [4.78, 5) is 20.9. The van der Waals surface area contributed by atoms with Gasteiger partial charge in [-0.3, -0.25) is 15.1 Å². The number of carbonyl (C=O) groups is 1. The summed E-state index contributed by atoms with van der Waals surface area (Å²) < 4.78 is 0. The number of amides is 1. The Hall–Kier alpha value is -1.75. The normalized spacial score (nSPS) is 10.1. The van der Waals surface area contributed by atoms with E-state index in [0.717, 1.165) is 11.3 Å². The number of hydrogen-bond acceptors (Lipinski definition) is 4. The molecule has 0 unspecified atom stereocenters. The zero-order chi connectivity index (χ0) is 11.4. The monoisotopic (exact) mass is 233 g/mol. The molecule has 82 valence electrons. The third-order valence-corrected chi connectivity index (χ3v) is 3.10. The second kappa shape index (κ2) is 4.85. The van der Waals surface area contributed by atoms with Crippen molar-refractivity contribution in [3.05, 3.63) is 41.2 Å². The minimum absolute atomic E-state index is 0.176. The van der Waals surface area contributed by atoms with Crippen LogP contribution in [0.1, 0.15) is 22.2 Å². The maximum absolute atomic E-state index is 11.7. The molecule has 0 radical (unpaired) electrons. The van der Waals surface area contributed by atoms with E-state index in [2.05, 4.69) is 22.2 Å². The summed E-state index contributed by atoms with van der Waals surface area (Å²) in [5.41, 5.74) is 0.538. The van der Waals surface area contributed by atoms with Gasteiger partial charge in [-0.25, -0.2) is 4.98 Å². The van der Waals surface area contributed by atoms with Crippen LogP contribution in [0.2, 0.25) is 0 Å². The molecule has 5 heteroatoms. The van der Waals surface area contributed by atoms with Crippen molar-refractivity contribution >= 4 is 22.4 Å². The Morgan fingerprint density at radius 1 is 1.50 bits per heavy atom. The number of nitrogens with zero attached hydrogens (tertiary/aromatic N) is 2. The molecule has 2 heterocycles. The molecule has 2 aromatic rings. The van der Waals surface area contributed by atoms with Gasteiger partial charge in [-0.15, -0.1) is 11.3 Å². The summed E-state index contributed by atoms with van der Waals surface area (Å²) in [6, 6.07) is 3.45. The van der Waals surface area contributed by atoms with Crippen LogP contribution >= 0.6 is 11.3 Å². The van der Waals surface area contributed by atoms with Crippen molar-refractivity contribution in [2.45, 2.75) is 13.3 Å². The molecule has 1 amide bonds. The first kappa shape index (κ1) is 10.8. The van der Waals surface area contributed by atoms with Gasteiger partial charge in [0.1, 0.15) is 0 Å². The second-order valence-corrected chi connectivity index (χ2v) is 4.30. The lowest BCUT2D eigenvalue weighted by atomic mass is 10.3. The molecule has 0 atom stereocenters. The number of nitrogens with one attached hydrogen (secondary N) is 1. The molecule has 1 N–H and O–H groups in total. The van der Waals surface area contributed by atoms with E-state index in [1.165, 1.54) is 17.5 Å². The van der Waals surface area contributed by atoms with Crippen LogP contribution in [0.15, 0.2) is 30.7 Å². The fourth-order valence-electron chi connectivity index (χ4n) is 1.20. The van der Waals surface area contributed by atoms with Crippen LogP contribution in [0.5, 0.6) is 0 Å². The van der Waals surface area contributed by atoms with E-state index in [0.29, 0.717) is 10.7 Å². The summed E-state index contributed by atoms with van der Waals surface area (Å²) in [7, 11) is 0. The van der Waals surface area contributed by atoms with Crippen LogP contribution in [0.4, 0.5) is 5.13 Å². The first-order valence-corrected chi connectivity index (χ1v) is 5.77. The number of rotatable bonds is 3. The quantitative estimate of drug-likeness (QED) is 0.885. The van der Waals surface area contributed by atoms with Gasteiger partial charge in [-0.2, -0.15) is 0 Å². The Bertz CT molecular complexity index is 481. The van der Waals surface area contributed by atoms with Crippen molar-refractivity contribution < 1.29 is 4.79 Å². The van der Waals surface area contributed by atoms with Crippen molar-refractivity contribution in [1.29, 1.82) is 0 Å². The van der Waals surface area contributed by atoms with Crippen molar-refractivity contribution in [2.75, 3.05) is 5.32 Å². The molecular weight excluding hydrogens is 222 g/mol. The highest BCUT2D eigenvalue weighted by Gasteiger charge is 2.08. The number of pyridine rings is 1. The highest BCUT2D eigenvalue weighted by atomic mass is 32.1. The van der Waals surface area contributed by atoms with Gasteiger partial charge < -0.3 is 0 Å². The van der Waals surface area contributed by atoms with Crippen molar-refractivity contribution in [3.63, 3.8) is 0 Å². The third kappa shape index (κ3) is 2.43. The average Bonchev–Trinajstić information content (AvgIpc) is 2.78. The zero-order valence-electron chi connectivity index (χ0n) is 8.80. The first-order valence-electron chi connectivity index (χ1n) is 4.95. The minimum atomic E-state index is -0.176. The summed E-state index contributed by atoms with van der Waals surface area (Å²) in [6.07, 6.45) is 5.88. The van der Waals surface area contributed by atoms with E-state index in [9.17, 15) is 4.79 Å². The Kier molecular flexibility index (Phi) is 3.26. The van der Waals surface area contributed by atoms with Crippen molar-refractivity contribution in [1.82, 2.24) is 9.97 Å². The van der Waals surface area contributed by atoms with Crippen molar-refractivity contribution in [2.24, 2.45) is 0 Å². The molecule has 0 aliphatic heterocycles. The summed E-state index contributed by atoms with van der Waals surface area (Å²) >= 11 is 1.49. The molecule has 0 aliphatic carbocycles. The lowest BCUT2D eigenvalue weighted by Crippen LogP contribution is -2.11. The molecular formula is C11H11N3OS. The molecule has 16 heavy (non-hydrogen) atoms. The molecule has 2 rings (SSSR count). The lowest BCUT2D eigenvalue weighted by molar-refractivity contribution is 0.102. The molecule has 0 bridgehead atoms. The van der Waals surface area contributed by atoms with Crippen LogP contribution in [0, 0.1) is 0 Å². The first-order chi connectivity index (χ1) is 7.79. The van der Waals surface area contributed by atoms with Gasteiger partial charge >= 0.3 is 0 Å². The number of hydrogen-bond donors (Lipinski definition) is 1. The van der Waals surface area contributed by atoms with Crippen molar-refractivity contribution in [3.8, 4) is 0 Å². The van der Waals surface area contributed by atoms with E-state index in [4.69, 9.17) is 0 Å². The standard InChI is InChI=1S/C11H11N3OS/c1-2-9-7-13-11(16-9)14-10(15)8-4-3-5-12-6-8/h3-7H,2H2,1H3,(H,13,14,15). The van der Waals surface area contributed by atoms with Gasteiger partial charge in [0.05, 0.1) is 5.56 Å². The number of carbonyl (C=O) groups excluding carboxylic acids is 1. The maximum Gasteiger partial charge on any atom is 0.259 e.